The van der Waals surface area contributed by atoms with Crippen LogP contribution in [0.3, 0.4) is 0 Å². The molecule has 0 aromatic heterocycles. The Kier molecular flexibility index (Phi) is 5.28. The van der Waals surface area contributed by atoms with Crippen molar-refractivity contribution >= 4 is 5.91 Å². The molecule has 1 atom stereocenters. The molecule has 2 aromatic carbocycles. The van der Waals surface area contributed by atoms with Crippen LogP contribution in [0, 0.1) is 0 Å². The second-order valence-corrected chi connectivity index (χ2v) is 6.13. The van der Waals surface area contributed by atoms with Crippen LogP contribution in [0.4, 0.5) is 8.78 Å². The minimum Gasteiger partial charge on any atom is -0.435 e. The molecule has 1 amide bonds. The summed E-state index contributed by atoms with van der Waals surface area (Å²) in [4.78, 5) is 11.1. The number of hydrogen-bond donors (Lipinski definition) is 2. The van der Waals surface area contributed by atoms with Crippen molar-refractivity contribution in [1.82, 2.24) is 5.32 Å². The van der Waals surface area contributed by atoms with Gasteiger partial charge in [-0.1, -0.05) is 18.2 Å². The van der Waals surface area contributed by atoms with Crippen molar-refractivity contribution < 1.29 is 18.3 Å². The lowest BCUT2D eigenvalue weighted by atomic mass is 9.87. The molecule has 6 heteroatoms. The Labute approximate surface area is 145 Å². The molecular formula is C19H20F2N2O2. The zero-order chi connectivity index (χ0) is 17.8. The predicted molar refractivity (Wildman–Crippen MR) is 90.6 cm³/mol. The topological polar surface area (TPSA) is 64.4 Å². The van der Waals surface area contributed by atoms with Crippen molar-refractivity contribution in [2.45, 2.75) is 38.5 Å². The summed E-state index contributed by atoms with van der Waals surface area (Å²) in [5, 5.41) is 3.50. The van der Waals surface area contributed by atoms with E-state index < -0.39 is 12.5 Å². The number of benzene rings is 2. The highest BCUT2D eigenvalue weighted by Gasteiger charge is 2.20. The molecule has 0 saturated carbocycles. The quantitative estimate of drug-likeness (QED) is 0.841. The van der Waals surface area contributed by atoms with E-state index in [0.717, 1.165) is 36.0 Å². The summed E-state index contributed by atoms with van der Waals surface area (Å²) in [6.07, 6.45) is 2.84. The lowest BCUT2D eigenvalue weighted by molar-refractivity contribution is -0.0499. The molecule has 0 heterocycles. The summed E-state index contributed by atoms with van der Waals surface area (Å²) in [6.45, 7) is -2.16. The van der Waals surface area contributed by atoms with E-state index in [9.17, 15) is 13.6 Å². The Morgan fingerprint density at radius 2 is 2.00 bits per heavy atom. The first-order chi connectivity index (χ1) is 12.0. The SMILES string of the molecule is NC(=O)c1ccc(CN[C@@H]2CCCc3cc(OC(F)F)ccc32)cc1. The molecule has 0 spiro atoms. The van der Waals surface area contributed by atoms with Gasteiger partial charge in [-0.15, -0.1) is 0 Å². The van der Waals surface area contributed by atoms with Gasteiger partial charge in [0.25, 0.3) is 0 Å². The van der Waals surface area contributed by atoms with Crippen molar-refractivity contribution in [2.75, 3.05) is 0 Å². The number of carbonyl (C=O) groups excluding carboxylic acids is 1. The van der Waals surface area contributed by atoms with E-state index in [1.54, 1.807) is 24.3 Å². The van der Waals surface area contributed by atoms with Crippen LogP contribution in [-0.4, -0.2) is 12.5 Å². The number of aryl methyl sites for hydroxylation is 1. The highest BCUT2D eigenvalue weighted by atomic mass is 19.3. The normalized spacial score (nSPS) is 16.5. The number of halogens is 2. The summed E-state index contributed by atoms with van der Waals surface area (Å²) in [5.41, 5.74) is 8.95. The first-order valence-electron chi connectivity index (χ1n) is 8.22. The molecule has 0 saturated heterocycles. The third-order valence-corrected chi connectivity index (χ3v) is 4.44. The third kappa shape index (κ3) is 4.33. The van der Waals surface area contributed by atoms with Crippen molar-refractivity contribution in [2.24, 2.45) is 5.73 Å². The third-order valence-electron chi connectivity index (χ3n) is 4.44. The molecule has 0 bridgehead atoms. The number of carbonyl (C=O) groups is 1. The Balaban J connectivity index is 1.67. The fourth-order valence-corrected chi connectivity index (χ4v) is 3.21. The van der Waals surface area contributed by atoms with Gasteiger partial charge in [-0.05, 0) is 60.2 Å². The molecule has 1 aliphatic rings. The van der Waals surface area contributed by atoms with E-state index in [1.807, 2.05) is 18.2 Å². The summed E-state index contributed by atoms with van der Waals surface area (Å²) >= 11 is 0. The molecule has 2 aromatic rings. The Hall–Kier alpha value is -2.47. The molecule has 3 rings (SSSR count). The van der Waals surface area contributed by atoms with Crippen LogP contribution < -0.4 is 15.8 Å². The molecule has 0 unspecified atom stereocenters. The Morgan fingerprint density at radius 3 is 2.68 bits per heavy atom. The predicted octanol–water partition coefficient (Wildman–Crippen LogP) is 3.55. The van der Waals surface area contributed by atoms with E-state index in [1.165, 1.54) is 0 Å². The first kappa shape index (κ1) is 17.4. The zero-order valence-corrected chi connectivity index (χ0v) is 13.7. The average molecular weight is 346 g/mol. The largest absolute Gasteiger partial charge is 0.435 e. The fraction of sp³-hybridized carbons (Fsp3) is 0.316. The Morgan fingerprint density at radius 1 is 1.24 bits per heavy atom. The maximum atomic E-state index is 12.4. The smallest absolute Gasteiger partial charge is 0.387 e. The van der Waals surface area contributed by atoms with Gasteiger partial charge in [-0.2, -0.15) is 8.78 Å². The molecule has 0 radical (unpaired) electrons. The summed E-state index contributed by atoms with van der Waals surface area (Å²) in [7, 11) is 0. The van der Waals surface area contributed by atoms with Gasteiger partial charge in [-0.3, -0.25) is 4.79 Å². The van der Waals surface area contributed by atoms with Gasteiger partial charge >= 0.3 is 6.61 Å². The first-order valence-corrected chi connectivity index (χ1v) is 8.22. The zero-order valence-electron chi connectivity index (χ0n) is 13.7. The molecule has 0 aliphatic heterocycles. The van der Waals surface area contributed by atoms with Crippen LogP contribution in [0.1, 0.15) is 45.9 Å². The molecule has 3 N–H and O–H groups in total. The van der Waals surface area contributed by atoms with Gasteiger partial charge in [0.05, 0.1) is 0 Å². The van der Waals surface area contributed by atoms with Crippen LogP contribution >= 0.6 is 0 Å². The van der Waals surface area contributed by atoms with E-state index in [-0.39, 0.29) is 11.8 Å². The lowest BCUT2D eigenvalue weighted by Crippen LogP contribution is -2.25. The number of primary amides is 1. The summed E-state index contributed by atoms with van der Waals surface area (Å²) in [5.74, 6) is -0.237. The lowest BCUT2D eigenvalue weighted by Gasteiger charge is -2.27. The maximum absolute atomic E-state index is 12.4. The second-order valence-electron chi connectivity index (χ2n) is 6.13. The highest BCUT2D eigenvalue weighted by Crippen LogP contribution is 2.32. The standard InChI is InChI=1S/C19H20F2N2O2/c20-19(21)25-15-8-9-16-14(10-15)2-1-3-17(16)23-11-12-4-6-13(7-5-12)18(22)24/h4-10,17,19,23H,1-3,11H2,(H2,22,24)/t17-/m1/s1. The van der Waals surface area contributed by atoms with Crippen LogP contribution in [0.5, 0.6) is 5.75 Å². The van der Waals surface area contributed by atoms with Gasteiger partial charge in [-0.25, -0.2) is 0 Å². The summed E-state index contributed by atoms with van der Waals surface area (Å²) < 4.78 is 29.2. The monoisotopic (exact) mass is 346 g/mol. The van der Waals surface area contributed by atoms with Gasteiger partial charge in [0.15, 0.2) is 0 Å². The fourth-order valence-electron chi connectivity index (χ4n) is 3.21. The minimum atomic E-state index is -2.81. The molecule has 4 nitrogen and oxygen atoms in total. The molecule has 0 fully saturated rings. The number of nitrogens with two attached hydrogens (primary N) is 1. The molecule has 25 heavy (non-hydrogen) atoms. The average Bonchev–Trinajstić information content (AvgIpc) is 2.59. The number of ether oxygens (including phenoxy) is 1. The number of hydrogen-bond acceptors (Lipinski definition) is 3. The minimum absolute atomic E-state index is 0.167. The number of fused-ring (bicyclic) bond motifs is 1. The van der Waals surface area contributed by atoms with E-state index in [0.29, 0.717) is 12.1 Å². The van der Waals surface area contributed by atoms with Crippen molar-refractivity contribution in [1.29, 1.82) is 0 Å². The maximum Gasteiger partial charge on any atom is 0.387 e. The van der Waals surface area contributed by atoms with Gasteiger partial charge in [0, 0.05) is 18.2 Å². The van der Waals surface area contributed by atoms with E-state index >= 15 is 0 Å². The van der Waals surface area contributed by atoms with Gasteiger partial charge in [0.1, 0.15) is 5.75 Å². The van der Waals surface area contributed by atoms with E-state index in [4.69, 9.17) is 5.73 Å². The van der Waals surface area contributed by atoms with Crippen LogP contribution in [0.25, 0.3) is 0 Å². The van der Waals surface area contributed by atoms with E-state index in [2.05, 4.69) is 10.1 Å². The molecular weight excluding hydrogens is 326 g/mol. The second kappa shape index (κ2) is 7.61. The van der Waals surface area contributed by atoms with Crippen molar-refractivity contribution in [3.63, 3.8) is 0 Å². The number of nitrogens with one attached hydrogen (secondary N) is 1. The van der Waals surface area contributed by atoms with Gasteiger partial charge in [0.2, 0.25) is 5.91 Å². The van der Waals surface area contributed by atoms with Gasteiger partial charge < -0.3 is 15.8 Å². The number of amides is 1. The number of rotatable bonds is 6. The Bertz CT molecular complexity index is 748. The van der Waals surface area contributed by atoms with Crippen molar-refractivity contribution in [3.8, 4) is 5.75 Å². The van der Waals surface area contributed by atoms with Crippen molar-refractivity contribution in [3.05, 3.63) is 64.7 Å². The van der Waals surface area contributed by atoms with Crippen LogP contribution in [0.2, 0.25) is 0 Å². The van der Waals surface area contributed by atoms with Crippen LogP contribution in [0.15, 0.2) is 42.5 Å². The summed E-state index contributed by atoms with van der Waals surface area (Å²) in [6, 6.07) is 12.5. The number of alkyl halides is 2. The van der Waals surface area contributed by atoms with Crippen LogP contribution in [-0.2, 0) is 13.0 Å². The molecule has 1 aliphatic carbocycles. The molecule has 132 valence electrons. The highest BCUT2D eigenvalue weighted by molar-refractivity contribution is 5.92.